The molecule has 32 heavy (non-hydrogen) atoms. The molecule has 0 radical (unpaired) electrons. The van der Waals surface area contributed by atoms with Gasteiger partial charge in [0.05, 0.1) is 25.0 Å². The predicted octanol–water partition coefficient (Wildman–Crippen LogP) is 2.21. The number of alkyl halides is 2. The van der Waals surface area contributed by atoms with E-state index in [4.69, 9.17) is 4.74 Å². The minimum atomic E-state index is -2.55. The summed E-state index contributed by atoms with van der Waals surface area (Å²) in [5.74, 6) is 0.690. The molecule has 5 rings (SSSR count). The maximum Gasteiger partial charge on any atom is 0.278 e. The van der Waals surface area contributed by atoms with Gasteiger partial charge in [-0.1, -0.05) is 0 Å². The average molecular weight is 465 g/mol. The second-order valence-electron chi connectivity index (χ2n) is 8.33. The van der Waals surface area contributed by atoms with Gasteiger partial charge in [0.25, 0.3) is 6.43 Å². The summed E-state index contributed by atoms with van der Waals surface area (Å²) in [6, 6.07) is 6.14. The molecule has 2 aromatic rings. The van der Waals surface area contributed by atoms with E-state index in [2.05, 4.69) is 36.6 Å². The number of aromatic nitrogens is 3. The highest BCUT2D eigenvalue weighted by Gasteiger charge is 2.36. The highest BCUT2D eigenvalue weighted by molar-refractivity contribution is 8.03. The summed E-state index contributed by atoms with van der Waals surface area (Å²) in [4.78, 5) is 4.40. The molecule has 3 atom stereocenters. The summed E-state index contributed by atoms with van der Waals surface area (Å²) < 4.78 is 31.3. The van der Waals surface area contributed by atoms with Crippen LogP contribution >= 0.6 is 11.8 Å². The topological polar surface area (TPSA) is 86.6 Å². The third-order valence-electron chi connectivity index (χ3n) is 6.33. The first kappa shape index (κ1) is 21.6. The van der Waals surface area contributed by atoms with Gasteiger partial charge in [0.2, 0.25) is 0 Å². The van der Waals surface area contributed by atoms with E-state index < -0.39 is 17.9 Å². The van der Waals surface area contributed by atoms with Crippen LogP contribution < -0.4 is 15.1 Å². The van der Waals surface area contributed by atoms with E-state index in [1.807, 2.05) is 12.1 Å². The average Bonchev–Trinajstić information content (AvgIpc) is 3.34. The molecule has 1 unspecified atom stereocenters. The van der Waals surface area contributed by atoms with Crippen molar-refractivity contribution in [3.63, 3.8) is 0 Å². The Kier molecular flexibility index (Phi) is 6.29. The third-order valence-corrected chi connectivity index (χ3v) is 7.41. The smallest absolute Gasteiger partial charge is 0.278 e. The normalized spacial score (nSPS) is 25.2. The number of allylic oxidation sites excluding steroid dienone is 1. The lowest BCUT2D eigenvalue weighted by molar-refractivity contribution is 0.0862. The second kappa shape index (κ2) is 9.32. The number of nitrogens with one attached hydrogen (secondary N) is 1. The Morgan fingerprint density at radius 3 is 2.78 bits per heavy atom. The van der Waals surface area contributed by atoms with Crippen LogP contribution in [-0.4, -0.2) is 77.8 Å². The number of piperidine rings is 1. The minimum absolute atomic E-state index is 0.0585. The summed E-state index contributed by atoms with van der Waals surface area (Å²) in [5.41, 5.74) is 1.75. The summed E-state index contributed by atoms with van der Waals surface area (Å²) in [5, 5.41) is 28.1. The van der Waals surface area contributed by atoms with Crippen LogP contribution in [0.2, 0.25) is 0 Å². The Morgan fingerprint density at radius 2 is 2.00 bits per heavy atom. The van der Waals surface area contributed by atoms with Crippen LogP contribution in [0.3, 0.4) is 0 Å². The number of hydrogen-bond acceptors (Lipinski definition) is 9. The van der Waals surface area contributed by atoms with Gasteiger partial charge in [-0.3, -0.25) is 0 Å². The largest absolute Gasteiger partial charge is 0.390 e. The number of ether oxygens (including phenoxy) is 1. The summed E-state index contributed by atoms with van der Waals surface area (Å²) in [7, 11) is 0. The first-order valence-electron chi connectivity index (χ1n) is 10.9. The molecule has 4 heterocycles. The van der Waals surface area contributed by atoms with Crippen molar-refractivity contribution >= 4 is 34.2 Å². The van der Waals surface area contributed by atoms with Gasteiger partial charge in [-0.2, -0.15) is 0 Å². The molecule has 8 nitrogen and oxygen atoms in total. The van der Waals surface area contributed by atoms with E-state index in [0.717, 1.165) is 54.9 Å². The molecule has 1 aromatic heterocycles. The van der Waals surface area contributed by atoms with Gasteiger partial charge in [0, 0.05) is 43.2 Å². The van der Waals surface area contributed by atoms with Crippen LogP contribution in [0.1, 0.15) is 12.8 Å². The molecule has 0 bridgehead atoms. The second-order valence-corrected chi connectivity index (χ2v) is 9.34. The number of nitrogens with zero attached hydrogens (tertiary/aromatic N) is 5. The Balaban J connectivity index is 1.32. The van der Waals surface area contributed by atoms with E-state index in [1.165, 1.54) is 17.2 Å². The van der Waals surface area contributed by atoms with E-state index in [9.17, 15) is 13.9 Å². The summed E-state index contributed by atoms with van der Waals surface area (Å²) in [6.07, 6.45) is -1.59. The first-order chi connectivity index (χ1) is 15.6. The number of aliphatic hydroxyl groups excluding tert-OH is 1. The van der Waals surface area contributed by atoms with E-state index >= 15 is 0 Å². The highest BCUT2D eigenvalue weighted by atomic mass is 32.2. The monoisotopic (exact) mass is 464 g/mol. The number of halogens is 2. The molecule has 0 amide bonds. The first-order valence-corrected chi connectivity index (χ1v) is 11.8. The van der Waals surface area contributed by atoms with Gasteiger partial charge >= 0.3 is 0 Å². The number of anilines is 2. The van der Waals surface area contributed by atoms with Gasteiger partial charge in [0.15, 0.2) is 5.82 Å². The molecule has 0 saturated carbocycles. The quantitative estimate of drug-likeness (QED) is 0.692. The Hall–Kier alpha value is -2.24. The highest BCUT2D eigenvalue weighted by Crippen LogP contribution is 2.34. The Morgan fingerprint density at radius 1 is 1.16 bits per heavy atom. The van der Waals surface area contributed by atoms with Crippen LogP contribution in [0.15, 0.2) is 29.3 Å². The van der Waals surface area contributed by atoms with Crippen molar-refractivity contribution < 1.29 is 18.6 Å². The van der Waals surface area contributed by atoms with E-state index in [1.54, 1.807) is 0 Å². The third kappa shape index (κ3) is 4.33. The van der Waals surface area contributed by atoms with Gasteiger partial charge < -0.3 is 25.0 Å². The number of rotatable bonds is 5. The van der Waals surface area contributed by atoms with Gasteiger partial charge in [-0.25, -0.2) is 8.78 Å². The fraction of sp³-hybridized carbons (Fsp3) is 0.571. The van der Waals surface area contributed by atoms with Crippen molar-refractivity contribution in [2.24, 2.45) is 5.92 Å². The van der Waals surface area contributed by atoms with Crippen molar-refractivity contribution in [2.75, 3.05) is 49.2 Å². The van der Waals surface area contributed by atoms with Crippen molar-refractivity contribution in [1.29, 1.82) is 0 Å². The van der Waals surface area contributed by atoms with Crippen molar-refractivity contribution in [1.82, 2.24) is 20.7 Å². The predicted molar refractivity (Wildman–Crippen MR) is 120 cm³/mol. The molecule has 0 aliphatic carbocycles. The molecular formula is C21H26F2N6O2S. The van der Waals surface area contributed by atoms with Crippen molar-refractivity contribution in [2.45, 2.75) is 30.7 Å². The maximum atomic E-state index is 12.9. The number of morpholine rings is 1. The SMILES string of the molecule is O[C@@H](C1NC(C(F)F)=CS1)[C@H]1CCCN(c2nnnc3cc(N4CCOCC4)ccc23)C1. The van der Waals surface area contributed by atoms with Crippen LogP contribution in [-0.2, 0) is 4.74 Å². The van der Waals surface area contributed by atoms with Gasteiger partial charge in [-0.05, 0) is 41.7 Å². The zero-order valence-electron chi connectivity index (χ0n) is 17.5. The van der Waals surface area contributed by atoms with Crippen LogP contribution in [0.5, 0.6) is 0 Å². The van der Waals surface area contributed by atoms with Gasteiger partial charge in [0.1, 0.15) is 10.9 Å². The molecule has 2 N–H and O–H groups in total. The minimum Gasteiger partial charge on any atom is -0.390 e. The van der Waals surface area contributed by atoms with Crippen LogP contribution in [0.25, 0.3) is 10.9 Å². The molecule has 1 aromatic carbocycles. The molecule has 11 heteroatoms. The van der Waals surface area contributed by atoms with E-state index in [-0.39, 0.29) is 11.6 Å². The molecule has 172 valence electrons. The Bertz CT molecular complexity index is 990. The molecule has 3 aliphatic rings. The van der Waals surface area contributed by atoms with Crippen LogP contribution in [0, 0.1) is 5.92 Å². The lowest BCUT2D eigenvalue weighted by Gasteiger charge is -2.37. The molecule has 2 saturated heterocycles. The van der Waals surface area contributed by atoms with Crippen LogP contribution in [0.4, 0.5) is 20.3 Å². The molecule has 2 fully saturated rings. The fourth-order valence-electron chi connectivity index (χ4n) is 4.60. The Labute approximate surface area is 189 Å². The molecule has 3 aliphatic heterocycles. The van der Waals surface area contributed by atoms with Gasteiger partial charge in [-0.15, -0.1) is 22.0 Å². The number of benzene rings is 1. The maximum absolute atomic E-state index is 12.9. The lowest BCUT2D eigenvalue weighted by Crippen LogP contribution is -2.47. The molecular weight excluding hydrogens is 438 g/mol. The van der Waals surface area contributed by atoms with Crippen molar-refractivity contribution in [3.8, 4) is 0 Å². The lowest BCUT2D eigenvalue weighted by atomic mass is 9.92. The summed E-state index contributed by atoms with van der Waals surface area (Å²) >= 11 is 1.22. The number of thioether (sulfide) groups is 1. The summed E-state index contributed by atoms with van der Waals surface area (Å²) in [6.45, 7) is 4.50. The molecule has 0 spiro atoms. The number of aliphatic hydroxyl groups is 1. The van der Waals surface area contributed by atoms with E-state index in [0.29, 0.717) is 19.8 Å². The zero-order chi connectivity index (χ0) is 22.1. The van der Waals surface area contributed by atoms with Crippen molar-refractivity contribution in [3.05, 3.63) is 29.3 Å². The number of hydrogen-bond donors (Lipinski definition) is 2. The number of fused-ring (bicyclic) bond motifs is 1. The standard InChI is InChI=1S/C21H26F2N6O2S/c22-19(23)17-12-32-21(24-17)18(30)13-2-1-5-29(11-13)20-15-4-3-14(10-16(15)25-27-26-20)28-6-8-31-9-7-28/h3-4,10,12-13,18-19,21,24,30H,1-2,5-9,11H2/t13-,18+,21?/m0/s1. The zero-order valence-corrected chi connectivity index (χ0v) is 18.3. The fourth-order valence-corrected chi connectivity index (χ4v) is 5.65.